The van der Waals surface area contributed by atoms with E-state index in [-0.39, 0.29) is 30.2 Å². The number of aryl methyl sites for hydroxylation is 2. The molecule has 3 amide bonds. The predicted octanol–water partition coefficient (Wildman–Crippen LogP) is 5.98. The van der Waals surface area contributed by atoms with E-state index in [1.165, 1.54) is 16.7 Å². The molecule has 3 fully saturated rings. The highest BCUT2D eigenvalue weighted by Crippen LogP contribution is 2.46. The first-order valence-electron chi connectivity index (χ1n) is 15.2. The van der Waals surface area contributed by atoms with Gasteiger partial charge in [-0.1, -0.05) is 27.5 Å². The van der Waals surface area contributed by atoms with Crippen LogP contribution in [0, 0.1) is 11.8 Å². The van der Waals surface area contributed by atoms with Crippen molar-refractivity contribution in [1.29, 1.82) is 0 Å². The number of benzene rings is 1. The topological polar surface area (TPSA) is 73.8 Å². The van der Waals surface area contributed by atoms with Gasteiger partial charge in [0.15, 0.2) is 0 Å². The number of fused-ring (bicyclic) bond motifs is 2. The first kappa shape index (κ1) is 30.1. The van der Waals surface area contributed by atoms with Gasteiger partial charge in [-0.3, -0.25) is 19.4 Å². The lowest BCUT2D eigenvalue weighted by Gasteiger charge is -2.38. The van der Waals surface area contributed by atoms with Crippen LogP contribution in [-0.4, -0.2) is 76.7 Å². The van der Waals surface area contributed by atoms with Gasteiger partial charge in [0.05, 0.1) is 12.2 Å². The normalized spacial score (nSPS) is 21.7. The van der Waals surface area contributed by atoms with Crippen LogP contribution in [0.3, 0.4) is 0 Å². The number of pyridine rings is 1. The van der Waals surface area contributed by atoms with Crippen molar-refractivity contribution in [3.05, 3.63) is 60.7 Å². The second-order valence-corrected chi connectivity index (χ2v) is 14.5. The smallest absolute Gasteiger partial charge is 0.242 e. The summed E-state index contributed by atoms with van der Waals surface area (Å²) in [7, 11) is 0. The van der Waals surface area contributed by atoms with Gasteiger partial charge in [-0.2, -0.15) is 0 Å². The van der Waals surface area contributed by atoms with E-state index in [1.54, 1.807) is 4.90 Å². The van der Waals surface area contributed by atoms with Crippen molar-refractivity contribution in [3.8, 4) is 0 Å². The second-order valence-electron chi connectivity index (χ2n) is 12.3. The Morgan fingerprint density at radius 2 is 1.57 bits per heavy atom. The Hall–Kier alpha value is -1.97. The number of carbonyl (C=O) groups is 3. The van der Waals surface area contributed by atoms with Crippen molar-refractivity contribution in [2.24, 2.45) is 11.8 Å². The summed E-state index contributed by atoms with van der Waals surface area (Å²) in [6.07, 6.45) is 9.26. The average molecular weight is 721 g/mol. The molecule has 2 aromatic rings. The van der Waals surface area contributed by atoms with E-state index in [9.17, 15) is 14.4 Å². The molecule has 1 aromatic heterocycles. The standard InChI is InChI=1S/C32H37Br2ClN4O3/c33-24-15-23-4-3-22-16-25(35)17-26(34)30(22)31(32(23)36-18-24)21-7-12-37(13-8-21)28(41)14-20-5-10-38(11-6-20)29(42)19-39-9-1-2-27(39)40/h15-18,20-21,31H,1-14,19H2/t31-/m1/s1. The quantitative estimate of drug-likeness (QED) is 0.381. The van der Waals surface area contributed by atoms with Crippen molar-refractivity contribution in [3.63, 3.8) is 0 Å². The molecule has 10 heteroatoms. The second kappa shape index (κ2) is 12.9. The number of hydrogen-bond donors (Lipinski definition) is 0. The van der Waals surface area contributed by atoms with Crippen molar-refractivity contribution in [1.82, 2.24) is 19.7 Å². The minimum absolute atomic E-state index is 0.0366. The van der Waals surface area contributed by atoms with Crippen LogP contribution in [0.5, 0.6) is 0 Å². The molecule has 4 aliphatic rings. The van der Waals surface area contributed by atoms with Crippen molar-refractivity contribution < 1.29 is 14.4 Å². The van der Waals surface area contributed by atoms with Crippen LogP contribution in [0.15, 0.2) is 33.3 Å². The fourth-order valence-corrected chi connectivity index (χ4v) is 8.91. The highest BCUT2D eigenvalue weighted by Gasteiger charge is 2.37. The Bertz CT molecular complexity index is 1370. The van der Waals surface area contributed by atoms with Crippen LogP contribution in [0.1, 0.15) is 73.2 Å². The molecule has 7 nitrogen and oxygen atoms in total. The highest BCUT2D eigenvalue weighted by molar-refractivity contribution is 9.10. The zero-order valence-corrected chi connectivity index (χ0v) is 27.7. The summed E-state index contributed by atoms with van der Waals surface area (Å²) in [5.74, 6) is 1.20. The van der Waals surface area contributed by atoms with E-state index in [4.69, 9.17) is 16.6 Å². The molecule has 4 heterocycles. The number of piperidine rings is 2. The van der Waals surface area contributed by atoms with E-state index >= 15 is 0 Å². The van der Waals surface area contributed by atoms with E-state index in [2.05, 4.69) is 48.9 Å². The van der Waals surface area contributed by atoms with Crippen LogP contribution >= 0.6 is 43.5 Å². The van der Waals surface area contributed by atoms with Gasteiger partial charge in [-0.05, 0) is 108 Å². The molecular weight excluding hydrogens is 684 g/mol. The molecule has 0 bridgehead atoms. The zero-order chi connectivity index (χ0) is 29.4. The number of amides is 3. The summed E-state index contributed by atoms with van der Waals surface area (Å²) in [6, 6.07) is 6.32. The molecule has 0 spiro atoms. The molecule has 1 aromatic carbocycles. The largest absolute Gasteiger partial charge is 0.343 e. The molecule has 224 valence electrons. The Kier molecular flexibility index (Phi) is 9.27. The van der Waals surface area contributed by atoms with E-state index < -0.39 is 0 Å². The van der Waals surface area contributed by atoms with Gasteiger partial charge >= 0.3 is 0 Å². The van der Waals surface area contributed by atoms with Gasteiger partial charge in [-0.15, -0.1) is 0 Å². The van der Waals surface area contributed by atoms with Gasteiger partial charge in [0.1, 0.15) is 0 Å². The van der Waals surface area contributed by atoms with Gasteiger partial charge in [0, 0.05) is 71.6 Å². The molecule has 3 saturated heterocycles. The number of halogens is 3. The summed E-state index contributed by atoms with van der Waals surface area (Å²) in [5.41, 5.74) is 5.01. The molecule has 1 atom stereocenters. The maximum Gasteiger partial charge on any atom is 0.242 e. The monoisotopic (exact) mass is 718 g/mol. The van der Waals surface area contributed by atoms with E-state index in [1.807, 2.05) is 17.2 Å². The van der Waals surface area contributed by atoms with E-state index in [0.29, 0.717) is 44.3 Å². The molecule has 42 heavy (non-hydrogen) atoms. The van der Waals surface area contributed by atoms with Crippen LogP contribution in [0.2, 0.25) is 5.02 Å². The number of likely N-dealkylation sites (tertiary alicyclic amines) is 3. The highest BCUT2D eigenvalue weighted by atomic mass is 79.9. The predicted molar refractivity (Wildman–Crippen MR) is 169 cm³/mol. The lowest BCUT2D eigenvalue weighted by Crippen LogP contribution is -2.45. The van der Waals surface area contributed by atoms with Crippen LogP contribution in [0.4, 0.5) is 0 Å². The van der Waals surface area contributed by atoms with E-state index in [0.717, 1.165) is 77.7 Å². The number of hydrogen-bond acceptors (Lipinski definition) is 4. The molecule has 0 unspecified atom stereocenters. The van der Waals surface area contributed by atoms with Gasteiger partial charge in [-0.25, -0.2) is 0 Å². The van der Waals surface area contributed by atoms with Gasteiger partial charge in [0.2, 0.25) is 17.7 Å². The third-order valence-electron chi connectivity index (χ3n) is 9.71. The summed E-state index contributed by atoms with van der Waals surface area (Å²) < 4.78 is 2.04. The lowest BCUT2D eigenvalue weighted by molar-refractivity contribution is -0.139. The third-order valence-corrected chi connectivity index (χ3v) is 11.0. The van der Waals surface area contributed by atoms with Crippen molar-refractivity contribution in [2.45, 2.75) is 63.7 Å². The van der Waals surface area contributed by atoms with Crippen LogP contribution in [-0.2, 0) is 27.2 Å². The SMILES string of the molecule is O=C(CC1CCN(C(=O)CN2CCCC2=O)CC1)N1CCC([C@H]2c3ncc(Br)cc3CCc3cc(Cl)cc(Br)c32)CC1. The number of nitrogens with zero attached hydrogens (tertiary/aromatic N) is 4. The maximum atomic E-state index is 13.4. The number of rotatable bonds is 5. The minimum atomic E-state index is 0.0366. The molecule has 3 aliphatic heterocycles. The molecular formula is C32H37Br2ClN4O3. The summed E-state index contributed by atoms with van der Waals surface area (Å²) in [6.45, 7) is 3.74. The van der Waals surface area contributed by atoms with Crippen LogP contribution in [0.25, 0.3) is 0 Å². The minimum Gasteiger partial charge on any atom is -0.343 e. The number of aromatic nitrogens is 1. The van der Waals surface area contributed by atoms with Gasteiger partial charge in [0.25, 0.3) is 0 Å². The first-order valence-corrected chi connectivity index (χ1v) is 17.2. The maximum absolute atomic E-state index is 13.4. The van der Waals surface area contributed by atoms with Crippen molar-refractivity contribution >= 4 is 61.2 Å². The summed E-state index contributed by atoms with van der Waals surface area (Å²) in [4.78, 5) is 48.5. The fourth-order valence-electron chi connectivity index (χ4n) is 7.41. The Labute approximate surface area is 269 Å². The molecule has 0 radical (unpaired) electrons. The van der Waals surface area contributed by atoms with Gasteiger partial charge < -0.3 is 14.7 Å². The molecule has 0 saturated carbocycles. The summed E-state index contributed by atoms with van der Waals surface area (Å²) in [5, 5.41) is 0.747. The molecule has 0 N–H and O–H groups in total. The summed E-state index contributed by atoms with van der Waals surface area (Å²) >= 11 is 13.9. The molecule has 6 rings (SSSR count). The fraction of sp³-hybridized carbons (Fsp3) is 0.562. The average Bonchev–Trinajstić information content (AvgIpc) is 3.30. The first-order chi connectivity index (χ1) is 20.3. The Balaban J connectivity index is 1.06. The lowest BCUT2D eigenvalue weighted by atomic mass is 9.76. The Morgan fingerprint density at radius 1 is 0.881 bits per heavy atom. The van der Waals surface area contributed by atoms with Crippen LogP contribution < -0.4 is 0 Å². The van der Waals surface area contributed by atoms with Crippen molar-refractivity contribution in [2.75, 3.05) is 39.3 Å². The third kappa shape index (κ3) is 6.43. The number of carbonyl (C=O) groups excluding carboxylic acids is 3. The Morgan fingerprint density at radius 3 is 2.29 bits per heavy atom. The molecule has 1 aliphatic carbocycles. The zero-order valence-electron chi connectivity index (χ0n) is 23.8.